The van der Waals surface area contributed by atoms with E-state index in [1.54, 1.807) is 26.3 Å². The van der Waals surface area contributed by atoms with Gasteiger partial charge >= 0.3 is 0 Å². The van der Waals surface area contributed by atoms with Crippen LogP contribution in [0.25, 0.3) is 21.7 Å². The van der Waals surface area contributed by atoms with E-state index >= 15 is 0 Å². The first kappa shape index (κ1) is 20.2. The summed E-state index contributed by atoms with van der Waals surface area (Å²) in [5.41, 5.74) is 1.51. The molecule has 0 saturated carbocycles. The van der Waals surface area contributed by atoms with E-state index in [9.17, 15) is 18.4 Å². The van der Waals surface area contributed by atoms with E-state index in [0.29, 0.717) is 22.7 Å². The average molecular weight is 439 g/mol. The summed E-state index contributed by atoms with van der Waals surface area (Å²) in [7, 11) is 3.16. The van der Waals surface area contributed by atoms with Gasteiger partial charge in [-0.15, -0.1) is 0 Å². The number of hydrogen-bond acceptors (Lipinski definition) is 4. The summed E-state index contributed by atoms with van der Waals surface area (Å²) in [5, 5.41) is 1.04. The van der Waals surface area contributed by atoms with Gasteiger partial charge in [0, 0.05) is 29.2 Å². The Kier molecular flexibility index (Phi) is 4.70. The number of fused-ring (bicyclic) bond motifs is 4. The zero-order valence-corrected chi connectivity index (χ0v) is 17.3. The third-order valence-electron chi connectivity index (χ3n) is 5.90. The molecule has 2 aromatic carbocycles. The number of nitrogens with one attached hydrogen (secondary N) is 2. The van der Waals surface area contributed by atoms with Gasteiger partial charge in [-0.3, -0.25) is 9.59 Å². The molecule has 0 radical (unpaired) electrons. The van der Waals surface area contributed by atoms with Crippen LogP contribution in [-0.4, -0.2) is 41.5 Å². The minimum atomic E-state index is -1.11. The monoisotopic (exact) mass is 439 g/mol. The number of hydrogen-bond donors (Lipinski definition) is 2. The van der Waals surface area contributed by atoms with Gasteiger partial charge in [-0.05, 0) is 35.7 Å². The van der Waals surface area contributed by atoms with Crippen LogP contribution in [0, 0.1) is 11.6 Å². The van der Waals surface area contributed by atoms with Crippen molar-refractivity contribution in [2.75, 3.05) is 20.8 Å². The number of carbonyl (C=O) groups is 1. The summed E-state index contributed by atoms with van der Waals surface area (Å²) in [6.45, 7) is 0.237. The summed E-state index contributed by atoms with van der Waals surface area (Å²) < 4.78 is 38.8. The van der Waals surface area contributed by atoms with Gasteiger partial charge in [0.05, 0.1) is 31.8 Å². The van der Waals surface area contributed by atoms with Crippen LogP contribution in [0.15, 0.2) is 41.2 Å². The predicted molar refractivity (Wildman–Crippen MR) is 114 cm³/mol. The molecular formula is C23H19F2N3O4. The highest BCUT2D eigenvalue weighted by molar-refractivity contribution is 6.00. The summed E-state index contributed by atoms with van der Waals surface area (Å²) in [5.74, 6) is -1.87. The zero-order chi connectivity index (χ0) is 22.6. The average Bonchev–Trinajstić information content (AvgIpc) is 3.23. The third-order valence-corrected chi connectivity index (χ3v) is 5.90. The van der Waals surface area contributed by atoms with Crippen molar-refractivity contribution >= 4 is 27.6 Å². The molecule has 7 nitrogen and oxygen atoms in total. The Labute approximate surface area is 180 Å². The number of methoxy groups -OCH3 is 1. The molecule has 2 N–H and O–H groups in total. The molecule has 1 atom stereocenters. The number of amides is 1. The SMILES string of the molecule is COc1cccc2[nH]c(C(=O)N(C)[C@H]3COCc4[nH]c(=O)c5cc(F)c(F)cc5c43)cc12. The van der Waals surface area contributed by atoms with E-state index in [-0.39, 0.29) is 29.9 Å². The van der Waals surface area contributed by atoms with Crippen LogP contribution in [0.5, 0.6) is 5.75 Å². The Hall–Kier alpha value is -3.72. The van der Waals surface area contributed by atoms with Gasteiger partial charge in [0.2, 0.25) is 0 Å². The second-order valence-electron chi connectivity index (χ2n) is 7.71. The zero-order valence-electron chi connectivity index (χ0n) is 17.3. The molecule has 32 heavy (non-hydrogen) atoms. The lowest BCUT2D eigenvalue weighted by Gasteiger charge is -2.33. The minimum absolute atomic E-state index is 0.0192. The van der Waals surface area contributed by atoms with Crippen LogP contribution in [0.2, 0.25) is 0 Å². The standard InChI is InChI=1S/C23H19F2N3O4/c1-28(23(30)17-8-13-16(26-17)4-3-5-20(13)31-2)19-10-32-9-18-21(19)11-6-14(24)15(25)7-12(11)22(29)27-18/h3-8,19,26H,9-10H2,1-2H3,(H,27,29)/t19-/m0/s1. The first-order valence-electron chi connectivity index (χ1n) is 9.93. The molecule has 2 aromatic heterocycles. The van der Waals surface area contributed by atoms with Crippen LogP contribution >= 0.6 is 0 Å². The quantitative estimate of drug-likeness (QED) is 0.510. The van der Waals surface area contributed by atoms with Crippen molar-refractivity contribution in [3.05, 3.63) is 75.3 Å². The number of rotatable bonds is 3. The Morgan fingerprint density at radius 2 is 1.88 bits per heavy atom. The molecule has 0 spiro atoms. The molecule has 1 aliphatic rings. The molecule has 3 heterocycles. The van der Waals surface area contributed by atoms with Gasteiger partial charge in [-0.1, -0.05) is 6.07 Å². The number of benzene rings is 2. The number of aromatic nitrogens is 2. The molecule has 5 rings (SSSR count). The maximum Gasteiger partial charge on any atom is 0.270 e. The van der Waals surface area contributed by atoms with Crippen LogP contribution in [0.1, 0.15) is 27.8 Å². The number of pyridine rings is 1. The Bertz CT molecular complexity index is 1440. The summed E-state index contributed by atoms with van der Waals surface area (Å²) >= 11 is 0. The smallest absolute Gasteiger partial charge is 0.270 e. The molecule has 9 heteroatoms. The summed E-state index contributed by atoms with van der Waals surface area (Å²) in [6.07, 6.45) is 0. The van der Waals surface area contributed by atoms with Gasteiger partial charge < -0.3 is 24.3 Å². The van der Waals surface area contributed by atoms with E-state index in [4.69, 9.17) is 9.47 Å². The van der Waals surface area contributed by atoms with Gasteiger partial charge in [0.25, 0.3) is 11.5 Å². The van der Waals surface area contributed by atoms with E-state index in [1.165, 1.54) is 4.90 Å². The highest BCUT2D eigenvalue weighted by Crippen LogP contribution is 2.35. The first-order chi connectivity index (χ1) is 15.4. The molecule has 1 amide bonds. The number of halogens is 2. The molecule has 0 aliphatic carbocycles. The topological polar surface area (TPSA) is 87.4 Å². The van der Waals surface area contributed by atoms with Crippen LogP contribution in [-0.2, 0) is 11.3 Å². The Balaban J connectivity index is 1.61. The lowest BCUT2D eigenvalue weighted by atomic mass is 9.95. The number of nitrogens with zero attached hydrogens (tertiary/aromatic N) is 1. The third kappa shape index (κ3) is 3.04. The van der Waals surface area contributed by atoms with E-state index in [2.05, 4.69) is 9.97 Å². The Morgan fingerprint density at radius 3 is 2.62 bits per heavy atom. The van der Waals surface area contributed by atoms with Crippen molar-refractivity contribution < 1.29 is 23.0 Å². The lowest BCUT2D eigenvalue weighted by Crippen LogP contribution is -2.37. The van der Waals surface area contributed by atoms with E-state index < -0.39 is 23.2 Å². The van der Waals surface area contributed by atoms with Crippen LogP contribution in [0.4, 0.5) is 8.78 Å². The molecular weight excluding hydrogens is 420 g/mol. The fourth-order valence-corrected chi connectivity index (χ4v) is 4.30. The molecule has 4 aromatic rings. The lowest BCUT2D eigenvalue weighted by molar-refractivity contribution is 0.0333. The first-order valence-corrected chi connectivity index (χ1v) is 9.93. The second-order valence-corrected chi connectivity index (χ2v) is 7.71. The normalized spacial score (nSPS) is 15.7. The highest BCUT2D eigenvalue weighted by atomic mass is 19.2. The van der Waals surface area contributed by atoms with Gasteiger partial charge in [-0.2, -0.15) is 0 Å². The number of aromatic amines is 2. The fourth-order valence-electron chi connectivity index (χ4n) is 4.30. The van der Waals surface area contributed by atoms with E-state index in [0.717, 1.165) is 23.0 Å². The minimum Gasteiger partial charge on any atom is -0.496 e. The predicted octanol–water partition coefficient (Wildman–Crippen LogP) is 3.64. The van der Waals surface area contributed by atoms with Crippen molar-refractivity contribution in [2.45, 2.75) is 12.6 Å². The summed E-state index contributed by atoms with van der Waals surface area (Å²) in [4.78, 5) is 33.0. The van der Waals surface area contributed by atoms with Gasteiger partial charge in [0.15, 0.2) is 11.6 Å². The molecule has 0 bridgehead atoms. The van der Waals surface area contributed by atoms with E-state index in [1.807, 2.05) is 12.1 Å². The molecule has 164 valence electrons. The molecule has 0 unspecified atom stereocenters. The molecule has 1 aliphatic heterocycles. The van der Waals surface area contributed by atoms with Crippen LogP contribution < -0.4 is 10.3 Å². The van der Waals surface area contributed by atoms with Crippen molar-refractivity contribution in [1.82, 2.24) is 14.9 Å². The summed E-state index contributed by atoms with van der Waals surface area (Å²) in [6, 6.07) is 8.42. The Morgan fingerprint density at radius 1 is 1.12 bits per heavy atom. The largest absolute Gasteiger partial charge is 0.496 e. The molecule has 0 saturated heterocycles. The van der Waals surface area contributed by atoms with Crippen molar-refractivity contribution in [2.24, 2.45) is 0 Å². The number of H-pyrrole nitrogens is 2. The van der Waals surface area contributed by atoms with Gasteiger partial charge in [0.1, 0.15) is 11.4 Å². The fraction of sp³-hybridized carbons (Fsp3) is 0.217. The number of carbonyl (C=O) groups excluding carboxylic acids is 1. The van der Waals surface area contributed by atoms with Gasteiger partial charge in [-0.25, -0.2) is 8.78 Å². The maximum atomic E-state index is 14.1. The molecule has 0 fully saturated rings. The van der Waals surface area contributed by atoms with Crippen molar-refractivity contribution in [1.29, 1.82) is 0 Å². The number of likely N-dealkylation sites (N-methyl/N-ethyl adjacent to an activating group) is 1. The highest BCUT2D eigenvalue weighted by Gasteiger charge is 2.32. The maximum absolute atomic E-state index is 14.1. The van der Waals surface area contributed by atoms with Crippen LogP contribution in [0.3, 0.4) is 0 Å². The van der Waals surface area contributed by atoms with Crippen molar-refractivity contribution in [3.8, 4) is 5.75 Å². The number of ether oxygens (including phenoxy) is 2. The second kappa shape index (κ2) is 7.45. The van der Waals surface area contributed by atoms with Crippen molar-refractivity contribution in [3.63, 3.8) is 0 Å².